The predicted octanol–water partition coefficient (Wildman–Crippen LogP) is 2.78. The first kappa shape index (κ1) is 14.7. The van der Waals surface area contributed by atoms with Gasteiger partial charge in [-0.3, -0.25) is 0 Å². The Morgan fingerprint density at radius 2 is 2.14 bits per heavy atom. The van der Waals surface area contributed by atoms with Crippen molar-refractivity contribution in [2.24, 2.45) is 0 Å². The van der Waals surface area contributed by atoms with Crippen LogP contribution in [0.25, 0.3) is 0 Å². The van der Waals surface area contributed by atoms with E-state index in [1.165, 1.54) is 5.56 Å². The number of hydrogen-bond acceptors (Lipinski definition) is 4. The molecule has 1 unspecified atom stereocenters. The van der Waals surface area contributed by atoms with Crippen LogP contribution in [-0.2, 0) is 16.3 Å². The van der Waals surface area contributed by atoms with Crippen molar-refractivity contribution in [3.63, 3.8) is 0 Å². The highest BCUT2D eigenvalue weighted by Crippen LogP contribution is 2.35. The van der Waals surface area contributed by atoms with Crippen LogP contribution in [0.15, 0.2) is 18.2 Å². The minimum absolute atomic E-state index is 0.244. The molecule has 116 valence electrons. The van der Waals surface area contributed by atoms with Crippen molar-refractivity contribution in [3.05, 3.63) is 23.8 Å². The molecule has 4 nitrogen and oxygen atoms in total. The maximum absolute atomic E-state index is 12.3. The molecule has 1 N–H and O–H groups in total. The van der Waals surface area contributed by atoms with Crippen LogP contribution in [0.4, 0.5) is 5.69 Å². The van der Waals surface area contributed by atoms with E-state index in [0.29, 0.717) is 6.42 Å². The normalized spacial score (nSPS) is 27.5. The van der Waals surface area contributed by atoms with Gasteiger partial charge in [0.25, 0.3) is 0 Å². The van der Waals surface area contributed by atoms with E-state index in [9.17, 15) is 8.42 Å². The van der Waals surface area contributed by atoms with Crippen LogP contribution in [0.3, 0.4) is 0 Å². The van der Waals surface area contributed by atoms with E-state index in [2.05, 4.69) is 11.4 Å². The zero-order chi connectivity index (χ0) is 14.9. The van der Waals surface area contributed by atoms with Crippen LogP contribution in [0.1, 0.15) is 38.2 Å². The average Bonchev–Trinajstić information content (AvgIpc) is 2.48. The third-order valence-corrected chi connectivity index (χ3v) is 7.34. The van der Waals surface area contributed by atoms with Gasteiger partial charge in [0.05, 0.1) is 11.4 Å². The first-order valence-corrected chi connectivity index (χ1v) is 9.38. The minimum atomic E-state index is -3.06. The molecule has 1 atom stereocenters. The number of benzene rings is 1. The second kappa shape index (κ2) is 5.52. The topological polar surface area (TPSA) is 55.4 Å². The van der Waals surface area contributed by atoms with Gasteiger partial charge in [0.15, 0.2) is 9.84 Å². The summed E-state index contributed by atoms with van der Waals surface area (Å²) in [5.41, 5.74) is 2.30. The number of aryl methyl sites for hydroxylation is 1. The fourth-order valence-corrected chi connectivity index (χ4v) is 4.95. The highest BCUT2D eigenvalue weighted by molar-refractivity contribution is 7.92. The molecule has 0 aliphatic carbocycles. The predicted molar refractivity (Wildman–Crippen MR) is 84.8 cm³/mol. The van der Waals surface area contributed by atoms with Crippen LogP contribution in [-0.4, -0.2) is 32.1 Å². The van der Waals surface area contributed by atoms with Crippen molar-refractivity contribution in [1.29, 1.82) is 0 Å². The quantitative estimate of drug-likeness (QED) is 0.933. The Labute approximate surface area is 126 Å². The summed E-state index contributed by atoms with van der Waals surface area (Å²) in [5, 5.41) is 3.38. The molecule has 1 fully saturated rings. The number of hydrogen-bond donors (Lipinski definition) is 1. The molecule has 0 aromatic heterocycles. The summed E-state index contributed by atoms with van der Waals surface area (Å²) in [6.07, 6.45) is 4.61. The summed E-state index contributed by atoms with van der Waals surface area (Å²) < 4.78 is 29.8. The number of fused-ring (bicyclic) bond motifs is 1. The molecular weight excluding hydrogens is 286 g/mol. The zero-order valence-corrected chi connectivity index (χ0v) is 13.3. The van der Waals surface area contributed by atoms with Gasteiger partial charge in [-0.15, -0.1) is 0 Å². The Morgan fingerprint density at radius 1 is 1.29 bits per heavy atom. The van der Waals surface area contributed by atoms with Gasteiger partial charge >= 0.3 is 0 Å². The number of anilines is 1. The summed E-state index contributed by atoms with van der Waals surface area (Å²) in [7, 11) is -3.06. The highest BCUT2D eigenvalue weighted by Gasteiger charge is 2.42. The molecule has 0 spiro atoms. The van der Waals surface area contributed by atoms with E-state index in [1.807, 2.05) is 19.1 Å². The summed E-state index contributed by atoms with van der Waals surface area (Å²) >= 11 is 0. The largest absolute Gasteiger partial charge is 0.490 e. The van der Waals surface area contributed by atoms with Gasteiger partial charge in [0.2, 0.25) is 0 Å². The van der Waals surface area contributed by atoms with E-state index in [-0.39, 0.29) is 12.4 Å². The lowest BCUT2D eigenvalue weighted by molar-refractivity contribution is 0.258. The number of rotatable bonds is 3. The Hall–Kier alpha value is -1.23. The smallest absolute Gasteiger partial charge is 0.159 e. The molecule has 2 aliphatic rings. The Bertz CT molecular complexity index is 626. The molecule has 21 heavy (non-hydrogen) atoms. The van der Waals surface area contributed by atoms with Gasteiger partial charge in [-0.05, 0) is 44.2 Å². The number of para-hydroxylation sites is 1. The second-order valence-corrected chi connectivity index (χ2v) is 8.96. The van der Waals surface area contributed by atoms with Crippen LogP contribution >= 0.6 is 0 Å². The van der Waals surface area contributed by atoms with E-state index in [0.717, 1.165) is 43.7 Å². The molecule has 1 saturated heterocycles. The maximum atomic E-state index is 12.3. The van der Waals surface area contributed by atoms with Crippen molar-refractivity contribution >= 4 is 15.5 Å². The lowest BCUT2D eigenvalue weighted by Gasteiger charge is -2.33. The van der Waals surface area contributed by atoms with Gasteiger partial charge < -0.3 is 10.1 Å². The highest BCUT2D eigenvalue weighted by atomic mass is 32.2. The molecule has 5 heteroatoms. The lowest BCUT2D eigenvalue weighted by Crippen LogP contribution is -2.45. The molecule has 0 amide bonds. The Morgan fingerprint density at radius 3 is 2.95 bits per heavy atom. The molecule has 2 heterocycles. The van der Waals surface area contributed by atoms with Gasteiger partial charge in [0.1, 0.15) is 17.1 Å². The molecule has 0 bridgehead atoms. The van der Waals surface area contributed by atoms with Gasteiger partial charge in [0, 0.05) is 6.54 Å². The molecule has 1 aromatic rings. The third kappa shape index (κ3) is 2.76. The molecule has 3 rings (SSSR count). The van der Waals surface area contributed by atoms with Gasteiger partial charge in [-0.1, -0.05) is 18.6 Å². The second-order valence-electron chi connectivity index (χ2n) is 6.34. The summed E-state index contributed by atoms with van der Waals surface area (Å²) in [6.45, 7) is 3.01. The van der Waals surface area contributed by atoms with Gasteiger partial charge in [-0.25, -0.2) is 8.42 Å². The van der Waals surface area contributed by atoms with Gasteiger partial charge in [-0.2, -0.15) is 0 Å². The molecule has 1 aromatic carbocycles. The maximum Gasteiger partial charge on any atom is 0.159 e. The van der Waals surface area contributed by atoms with Crippen LogP contribution in [0.2, 0.25) is 0 Å². The van der Waals surface area contributed by atoms with Crippen LogP contribution in [0.5, 0.6) is 5.75 Å². The monoisotopic (exact) mass is 309 g/mol. The first-order valence-electron chi connectivity index (χ1n) is 7.73. The van der Waals surface area contributed by atoms with Crippen molar-refractivity contribution in [2.45, 2.75) is 43.8 Å². The number of ether oxygens (including phenoxy) is 1. The first-order chi connectivity index (χ1) is 10.0. The fourth-order valence-electron chi connectivity index (χ4n) is 3.18. The number of nitrogens with one attached hydrogen (secondary N) is 1. The van der Waals surface area contributed by atoms with E-state index < -0.39 is 14.6 Å². The third-order valence-electron chi connectivity index (χ3n) is 4.69. The Kier molecular flexibility index (Phi) is 3.86. The average molecular weight is 309 g/mol. The van der Waals surface area contributed by atoms with Crippen molar-refractivity contribution in [3.8, 4) is 5.75 Å². The lowest BCUT2D eigenvalue weighted by atomic mass is 10.0. The van der Waals surface area contributed by atoms with Crippen molar-refractivity contribution in [2.75, 3.05) is 24.2 Å². The van der Waals surface area contributed by atoms with Crippen molar-refractivity contribution in [1.82, 2.24) is 0 Å². The summed E-state index contributed by atoms with van der Waals surface area (Å²) in [5.74, 6) is 1.08. The fraction of sp³-hybridized carbons (Fsp3) is 0.625. The summed E-state index contributed by atoms with van der Waals surface area (Å²) in [6, 6.07) is 6.02. The van der Waals surface area contributed by atoms with Crippen LogP contribution < -0.4 is 10.1 Å². The molecule has 0 saturated carbocycles. The van der Waals surface area contributed by atoms with E-state index >= 15 is 0 Å². The molecular formula is C16H23NO3S. The SMILES string of the molecule is CC1(COc2cccc3c2NCCC3)CCCCS1(=O)=O. The van der Waals surface area contributed by atoms with Crippen molar-refractivity contribution < 1.29 is 13.2 Å². The Balaban J connectivity index is 1.79. The standard InChI is InChI=1S/C16H23NO3S/c1-16(9-2-3-11-21(16,18)19)12-20-14-8-4-6-13-7-5-10-17-15(13)14/h4,6,8,17H,2-3,5,7,9-12H2,1H3. The zero-order valence-electron chi connectivity index (χ0n) is 12.5. The minimum Gasteiger partial charge on any atom is -0.490 e. The summed E-state index contributed by atoms with van der Waals surface area (Å²) in [4.78, 5) is 0. The number of sulfone groups is 1. The van der Waals surface area contributed by atoms with Crippen LogP contribution in [0, 0.1) is 0 Å². The molecule has 0 radical (unpaired) electrons. The van der Waals surface area contributed by atoms with E-state index in [4.69, 9.17) is 4.74 Å². The van der Waals surface area contributed by atoms with E-state index in [1.54, 1.807) is 0 Å². The molecule has 2 aliphatic heterocycles.